The standard InChI is InChI=1S/C20H15Br2N3/c1-25(20(23)24-17-11-14(21)8-9-16(17)22)18-10-7-13-6-5-12-3-2-4-15(18)19(12)13/h2-11H,1H3,(H2,23,24). The summed E-state index contributed by atoms with van der Waals surface area (Å²) in [7, 11) is 1.91. The van der Waals surface area contributed by atoms with Crippen molar-refractivity contribution in [2.75, 3.05) is 17.3 Å². The summed E-state index contributed by atoms with van der Waals surface area (Å²) in [6, 6.07) is 16.3. The smallest absolute Gasteiger partial charge is 0.199 e. The van der Waals surface area contributed by atoms with E-state index < -0.39 is 0 Å². The zero-order valence-electron chi connectivity index (χ0n) is 13.5. The minimum atomic E-state index is 0.311. The van der Waals surface area contributed by atoms with Crippen LogP contribution in [0.15, 0.2) is 57.5 Å². The van der Waals surface area contributed by atoms with Crippen molar-refractivity contribution < 1.29 is 0 Å². The summed E-state index contributed by atoms with van der Waals surface area (Å²) >= 11 is 7.00. The molecule has 0 fully saturated rings. The van der Waals surface area contributed by atoms with Gasteiger partial charge in [0, 0.05) is 21.4 Å². The molecule has 3 nitrogen and oxygen atoms in total. The van der Waals surface area contributed by atoms with Gasteiger partial charge in [-0.15, -0.1) is 0 Å². The number of anilines is 2. The third-order valence-corrected chi connectivity index (χ3v) is 5.59. The first-order valence-corrected chi connectivity index (χ1v) is 9.41. The Labute approximate surface area is 163 Å². The average Bonchev–Trinajstić information content (AvgIpc) is 3.03. The van der Waals surface area contributed by atoms with Gasteiger partial charge in [0.05, 0.1) is 11.4 Å². The second kappa shape index (κ2) is 6.32. The Bertz CT molecular complexity index is 1030. The molecule has 5 heteroatoms. The molecule has 0 aromatic heterocycles. The van der Waals surface area contributed by atoms with E-state index in [0.717, 1.165) is 25.7 Å². The molecule has 124 valence electrons. The van der Waals surface area contributed by atoms with Crippen molar-refractivity contribution >= 4 is 72.1 Å². The third-order valence-electron chi connectivity index (χ3n) is 4.40. The van der Waals surface area contributed by atoms with Gasteiger partial charge in [-0.3, -0.25) is 5.41 Å². The second-order valence-electron chi connectivity index (χ2n) is 5.93. The maximum Gasteiger partial charge on any atom is 0.199 e. The van der Waals surface area contributed by atoms with E-state index in [-0.39, 0.29) is 0 Å². The molecule has 0 radical (unpaired) electrons. The topological polar surface area (TPSA) is 39.1 Å². The first-order chi connectivity index (χ1) is 12.0. The lowest BCUT2D eigenvalue weighted by Crippen LogP contribution is -2.32. The largest absolute Gasteiger partial charge is 0.325 e. The molecule has 2 N–H and O–H groups in total. The van der Waals surface area contributed by atoms with Crippen LogP contribution in [0.4, 0.5) is 11.4 Å². The molecule has 3 aromatic rings. The lowest BCUT2D eigenvalue weighted by molar-refractivity contribution is 1.22. The number of hydrogen-bond acceptors (Lipinski definition) is 1. The van der Waals surface area contributed by atoms with Gasteiger partial charge in [-0.05, 0) is 56.7 Å². The lowest BCUT2D eigenvalue weighted by Gasteiger charge is -2.23. The molecular weight excluding hydrogens is 442 g/mol. The fraction of sp³-hybridized carbons (Fsp3) is 0.0500. The van der Waals surface area contributed by atoms with Gasteiger partial charge in [-0.25, -0.2) is 0 Å². The molecule has 0 atom stereocenters. The van der Waals surface area contributed by atoms with Gasteiger partial charge in [0.15, 0.2) is 5.96 Å². The minimum Gasteiger partial charge on any atom is -0.325 e. The minimum absolute atomic E-state index is 0.311. The van der Waals surface area contributed by atoms with Gasteiger partial charge < -0.3 is 10.2 Å². The number of hydrogen-bond donors (Lipinski definition) is 2. The number of nitrogens with one attached hydrogen (secondary N) is 2. The molecule has 0 saturated carbocycles. The van der Waals surface area contributed by atoms with Crippen LogP contribution in [0.5, 0.6) is 0 Å². The molecule has 1 aliphatic carbocycles. The van der Waals surface area contributed by atoms with E-state index in [1.807, 2.05) is 30.1 Å². The van der Waals surface area contributed by atoms with Crippen molar-refractivity contribution in [2.45, 2.75) is 0 Å². The second-order valence-corrected chi connectivity index (χ2v) is 7.70. The molecule has 0 bridgehead atoms. The highest BCUT2D eigenvalue weighted by Gasteiger charge is 2.16. The van der Waals surface area contributed by atoms with Crippen molar-refractivity contribution in [1.82, 2.24) is 0 Å². The summed E-state index contributed by atoms with van der Waals surface area (Å²) < 4.78 is 1.88. The SMILES string of the molecule is CN(C(=N)Nc1cc(Br)ccc1Br)c1ccc2c3c(cccc13)C=C2. The summed E-state index contributed by atoms with van der Waals surface area (Å²) in [5.74, 6) is 0.311. The van der Waals surface area contributed by atoms with E-state index >= 15 is 0 Å². The molecule has 4 rings (SSSR count). The Kier molecular flexibility index (Phi) is 4.13. The molecule has 0 unspecified atom stereocenters. The van der Waals surface area contributed by atoms with E-state index in [9.17, 15) is 0 Å². The van der Waals surface area contributed by atoms with Crippen LogP contribution in [0, 0.1) is 5.41 Å². The van der Waals surface area contributed by atoms with Crippen LogP contribution < -0.4 is 10.2 Å². The van der Waals surface area contributed by atoms with E-state index in [4.69, 9.17) is 5.41 Å². The van der Waals surface area contributed by atoms with Crippen LogP contribution in [0.2, 0.25) is 0 Å². The van der Waals surface area contributed by atoms with Gasteiger partial charge >= 0.3 is 0 Å². The Hall–Kier alpha value is -2.11. The molecule has 1 aliphatic rings. The van der Waals surface area contributed by atoms with Gasteiger partial charge in [0.25, 0.3) is 0 Å². The van der Waals surface area contributed by atoms with Gasteiger partial charge in [0.2, 0.25) is 0 Å². The molecule has 0 heterocycles. The third kappa shape index (κ3) is 2.87. The van der Waals surface area contributed by atoms with Gasteiger partial charge in [-0.1, -0.05) is 52.3 Å². The fourth-order valence-corrected chi connectivity index (χ4v) is 3.83. The summed E-state index contributed by atoms with van der Waals surface area (Å²) in [4.78, 5) is 1.87. The van der Waals surface area contributed by atoms with E-state index in [2.05, 4.69) is 79.7 Å². The molecule has 25 heavy (non-hydrogen) atoms. The van der Waals surface area contributed by atoms with Crippen molar-refractivity contribution in [3.05, 3.63) is 68.6 Å². The summed E-state index contributed by atoms with van der Waals surface area (Å²) in [6.07, 6.45) is 4.28. The maximum atomic E-state index is 8.50. The number of halogens is 2. The van der Waals surface area contributed by atoms with E-state index in [1.54, 1.807) is 0 Å². The van der Waals surface area contributed by atoms with Crippen LogP contribution in [-0.2, 0) is 0 Å². The maximum absolute atomic E-state index is 8.50. The molecule has 0 amide bonds. The zero-order chi connectivity index (χ0) is 17.6. The van der Waals surface area contributed by atoms with Gasteiger partial charge in [0.1, 0.15) is 0 Å². The van der Waals surface area contributed by atoms with Crippen molar-refractivity contribution in [2.24, 2.45) is 0 Å². The number of benzene rings is 3. The Balaban J connectivity index is 1.70. The van der Waals surface area contributed by atoms with Crippen molar-refractivity contribution in [3.63, 3.8) is 0 Å². The van der Waals surface area contributed by atoms with E-state index in [1.165, 1.54) is 16.5 Å². The summed E-state index contributed by atoms with van der Waals surface area (Å²) in [5, 5.41) is 14.1. The Morgan fingerprint density at radius 2 is 1.76 bits per heavy atom. The molecule has 0 saturated heterocycles. The van der Waals surface area contributed by atoms with Gasteiger partial charge in [-0.2, -0.15) is 0 Å². The lowest BCUT2D eigenvalue weighted by atomic mass is 10.0. The van der Waals surface area contributed by atoms with E-state index in [0.29, 0.717) is 5.96 Å². The van der Waals surface area contributed by atoms with Crippen LogP contribution in [0.1, 0.15) is 11.1 Å². The van der Waals surface area contributed by atoms with Crippen molar-refractivity contribution in [1.29, 1.82) is 5.41 Å². The van der Waals surface area contributed by atoms with Crippen LogP contribution in [-0.4, -0.2) is 13.0 Å². The molecule has 3 aromatic carbocycles. The number of rotatable bonds is 2. The quantitative estimate of drug-likeness (QED) is 0.273. The Morgan fingerprint density at radius 1 is 1.00 bits per heavy atom. The van der Waals surface area contributed by atoms with Crippen LogP contribution in [0.3, 0.4) is 0 Å². The monoisotopic (exact) mass is 455 g/mol. The summed E-state index contributed by atoms with van der Waals surface area (Å²) in [5.41, 5.74) is 4.32. The highest BCUT2D eigenvalue weighted by atomic mass is 79.9. The predicted octanol–water partition coefficient (Wildman–Crippen LogP) is 6.33. The van der Waals surface area contributed by atoms with Crippen molar-refractivity contribution in [3.8, 4) is 0 Å². The molecule has 0 aliphatic heterocycles. The van der Waals surface area contributed by atoms with Crippen LogP contribution in [0.25, 0.3) is 22.9 Å². The van der Waals surface area contributed by atoms with Crippen LogP contribution >= 0.6 is 31.9 Å². The normalized spacial score (nSPS) is 11.8. The zero-order valence-corrected chi connectivity index (χ0v) is 16.6. The predicted molar refractivity (Wildman–Crippen MR) is 114 cm³/mol. The molecular formula is C20H15Br2N3. The molecule has 0 spiro atoms. The highest BCUT2D eigenvalue weighted by molar-refractivity contribution is 9.11. The highest BCUT2D eigenvalue weighted by Crippen LogP contribution is 2.36. The number of guanidine groups is 1. The Morgan fingerprint density at radius 3 is 2.56 bits per heavy atom. The summed E-state index contributed by atoms with van der Waals surface area (Å²) in [6.45, 7) is 0. The first kappa shape index (κ1) is 16.4. The fourth-order valence-electron chi connectivity index (χ4n) is 3.12. The number of nitrogens with zero attached hydrogens (tertiary/aromatic N) is 1. The average molecular weight is 457 g/mol. The first-order valence-electron chi connectivity index (χ1n) is 7.83.